The molecule has 0 heterocycles. The van der Waals surface area contributed by atoms with E-state index in [9.17, 15) is 9.90 Å². The summed E-state index contributed by atoms with van der Waals surface area (Å²) in [5.41, 5.74) is 4.61. The number of aliphatic hydroxyl groups excluding tert-OH is 1. The van der Waals surface area contributed by atoms with Gasteiger partial charge in [0, 0.05) is 17.8 Å². The maximum atomic E-state index is 12.1. The number of amides is 2. The van der Waals surface area contributed by atoms with Gasteiger partial charge in [-0.3, -0.25) is 0 Å². The van der Waals surface area contributed by atoms with Crippen molar-refractivity contribution in [3.63, 3.8) is 0 Å². The molecule has 0 saturated carbocycles. The lowest BCUT2D eigenvalue weighted by atomic mass is 10.1. The predicted octanol–water partition coefficient (Wildman–Crippen LogP) is 3.48. The Labute approximate surface area is 142 Å². The molecule has 0 aliphatic rings. The second-order valence-corrected chi connectivity index (χ2v) is 5.87. The van der Waals surface area contributed by atoms with E-state index in [1.807, 2.05) is 45.0 Å². The van der Waals surface area contributed by atoms with E-state index < -0.39 is 6.10 Å². The first-order valence-electron chi connectivity index (χ1n) is 7.86. The lowest BCUT2D eigenvalue weighted by Gasteiger charge is -2.17. The minimum Gasteiger partial charge on any atom is -0.496 e. The fraction of sp³-hybridized carbons (Fsp3) is 0.316. The summed E-state index contributed by atoms with van der Waals surface area (Å²) in [7, 11) is 1.55. The highest BCUT2D eigenvalue weighted by Gasteiger charge is 2.14. The molecule has 2 rings (SSSR count). The Morgan fingerprint density at radius 2 is 1.79 bits per heavy atom. The first-order valence-corrected chi connectivity index (χ1v) is 7.86. The molecule has 24 heavy (non-hydrogen) atoms. The van der Waals surface area contributed by atoms with Crippen molar-refractivity contribution in [1.29, 1.82) is 0 Å². The maximum Gasteiger partial charge on any atom is 0.319 e. The highest BCUT2D eigenvalue weighted by atomic mass is 16.5. The van der Waals surface area contributed by atoms with Gasteiger partial charge in [-0.1, -0.05) is 35.9 Å². The molecule has 2 aromatic rings. The van der Waals surface area contributed by atoms with Crippen LogP contribution in [0.5, 0.6) is 5.75 Å². The molecule has 5 heteroatoms. The fourth-order valence-corrected chi connectivity index (χ4v) is 2.78. The number of hydrogen-bond donors (Lipinski definition) is 3. The van der Waals surface area contributed by atoms with Crippen molar-refractivity contribution >= 4 is 11.7 Å². The Balaban J connectivity index is 1.99. The highest BCUT2D eigenvalue weighted by Crippen LogP contribution is 2.24. The Kier molecular flexibility index (Phi) is 5.82. The molecule has 5 nitrogen and oxygen atoms in total. The van der Waals surface area contributed by atoms with Crippen LogP contribution in [-0.4, -0.2) is 24.8 Å². The number of benzene rings is 2. The van der Waals surface area contributed by atoms with E-state index in [4.69, 9.17) is 4.74 Å². The van der Waals surface area contributed by atoms with Gasteiger partial charge in [-0.2, -0.15) is 0 Å². The van der Waals surface area contributed by atoms with Crippen LogP contribution in [0.2, 0.25) is 0 Å². The summed E-state index contributed by atoms with van der Waals surface area (Å²) in [6, 6.07) is 10.9. The van der Waals surface area contributed by atoms with Crippen LogP contribution in [0.15, 0.2) is 36.4 Å². The molecule has 0 bridgehead atoms. The number of anilines is 1. The van der Waals surface area contributed by atoms with Gasteiger partial charge >= 0.3 is 6.03 Å². The third-order valence-electron chi connectivity index (χ3n) is 3.87. The van der Waals surface area contributed by atoms with Gasteiger partial charge in [-0.05, 0) is 38.0 Å². The summed E-state index contributed by atoms with van der Waals surface area (Å²) in [5.74, 6) is 0.595. The quantitative estimate of drug-likeness (QED) is 0.787. The third-order valence-corrected chi connectivity index (χ3v) is 3.87. The van der Waals surface area contributed by atoms with Crippen LogP contribution in [0.1, 0.15) is 28.4 Å². The average Bonchev–Trinajstić information content (AvgIpc) is 2.55. The smallest absolute Gasteiger partial charge is 0.319 e. The summed E-state index contributed by atoms with van der Waals surface area (Å²) < 4.78 is 5.22. The van der Waals surface area contributed by atoms with Crippen LogP contribution in [0.4, 0.5) is 10.5 Å². The number of carbonyl (C=O) groups excluding carboxylic acids is 1. The van der Waals surface area contributed by atoms with Crippen LogP contribution in [0.3, 0.4) is 0 Å². The van der Waals surface area contributed by atoms with Crippen molar-refractivity contribution in [3.05, 3.63) is 58.7 Å². The monoisotopic (exact) mass is 328 g/mol. The third kappa shape index (κ3) is 4.26. The van der Waals surface area contributed by atoms with Gasteiger partial charge in [0.05, 0.1) is 13.2 Å². The number of nitrogens with one attached hydrogen (secondary N) is 2. The van der Waals surface area contributed by atoms with Crippen LogP contribution in [0.25, 0.3) is 0 Å². The van der Waals surface area contributed by atoms with Gasteiger partial charge in [-0.25, -0.2) is 4.79 Å². The van der Waals surface area contributed by atoms with Crippen LogP contribution in [0, 0.1) is 20.8 Å². The van der Waals surface area contributed by atoms with Crippen molar-refractivity contribution in [2.24, 2.45) is 0 Å². The zero-order valence-electron chi connectivity index (χ0n) is 14.5. The van der Waals surface area contributed by atoms with E-state index >= 15 is 0 Å². The van der Waals surface area contributed by atoms with Crippen molar-refractivity contribution in [1.82, 2.24) is 5.32 Å². The number of ether oxygens (including phenoxy) is 1. The van der Waals surface area contributed by atoms with Gasteiger partial charge in [0.15, 0.2) is 0 Å². The number of urea groups is 1. The minimum atomic E-state index is -0.841. The summed E-state index contributed by atoms with van der Waals surface area (Å²) in [6.07, 6.45) is -0.841. The molecular weight excluding hydrogens is 304 g/mol. The number of hydrogen-bond acceptors (Lipinski definition) is 3. The Bertz CT molecular complexity index is 705. The molecule has 0 saturated heterocycles. The number of para-hydroxylation sites is 1. The van der Waals surface area contributed by atoms with Crippen LogP contribution >= 0.6 is 0 Å². The second kappa shape index (κ2) is 7.84. The highest BCUT2D eigenvalue weighted by molar-refractivity contribution is 5.91. The lowest BCUT2D eigenvalue weighted by molar-refractivity contribution is 0.171. The van der Waals surface area contributed by atoms with Gasteiger partial charge in [0.2, 0.25) is 0 Å². The molecule has 0 aromatic heterocycles. The molecule has 128 valence electrons. The zero-order chi connectivity index (χ0) is 17.7. The summed E-state index contributed by atoms with van der Waals surface area (Å²) in [6.45, 7) is 6.03. The summed E-state index contributed by atoms with van der Waals surface area (Å²) >= 11 is 0. The molecule has 2 amide bonds. The Hall–Kier alpha value is -2.53. The van der Waals surface area contributed by atoms with Gasteiger partial charge in [0.1, 0.15) is 5.75 Å². The number of aryl methyl sites for hydroxylation is 3. The number of methoxy groups -OCH3 is 1. The van der Waals surface area contributed by atoms with Crippen molar-refractivity contribution in [2.75, 3.05) is 19.0 Å². The molecule has 1 unspecified atom stereocenters. The van der Waals surface area contributed by atoms with E-state index in [1.54, 1.807) is 19.2 Å². The average molecular weight is 328 g/mol. The minimum absolute atomic E-state index is 0.0934. The van der Waals surface area contributed by atoms with Crippen molar-refractivity contribution in [2.45, 2.75) is 26.9 Å². The van der Waals surface area contributed by atoms with Gasteiger partial charge in [-0.15, -0.1) is 0 Å². The SMILES string of the molecule is COc1ccccc1C(O)CNC(=O)Nc1c(C)cc(C)cc1C. The fourth-order valence-electron chi connectivity index (χ4n) is 2.78. The molecule has 0 aliphatic heterocycles. The molecule has 1 atom stereocenters. The normalized spacial score (nSPS) is 11.7. The Morgan fingerprint density at radius 3 is 2.42 bits per heavy atom. The van der Waals surface area contributed by atoms with E-state index in [1.165, 1.54) is 0 Å². The van der Waals surface area contributed by atoms with E-state index in [0.29, 0.717) is 11.3 Å². The first-order chi connectivity index (χ1) is 11.4. The van der Waals surface area contributed by atoms with Crippen molar-refractivity contribution < 1.29 is 14.6 Å². The van der Waals surface area contributed by atoms with E-state index in [-0.39, 0.29) is 12.6 Å². The summed E-state index contributed by atoms with van der Waals surface area (Å²) in [5, 5.41) is 15.8. The number of carbonyl (C=O) groups is 1. The van der Waals surface area contributed by atoms with Crippen LogP contribution in [-0.2, 0) is 0 Å². The van der Waals surface area contributed by atoms with Crippen LogP contribution < -0.4 is 15.4 Å². The largest absolute Gasteiger partial charge is 0.496 e. The molecule has 0 fully saturated rings. The van der Waals surface area contributed by atoms with Crippen molar-refractivity contribution in [3.8, 4) is 5.75 Å². The zero-order valence-corrected chi connectivity index (χ0v) is 14.5. The van der Waals surface area contributed by atoms with E-state index in [0.717, 1.165) is 22.4 Å². The molecule has 3 N–H and O–H groups in total. The molecule has 0 aliphatic carbocycles. The predicted molar refractivity (Wildman–Crippen MR) is 95.6 cm³/mol. The van der Waals surface area contributed by atoms with Gasteiger partial charge < -0.3 is 20.5 Å². The molecule has 0 radical (unpaired) electrons. The molecule has 2 aromatic carbocycles. The van der Waals surface area contributed by atoms with E-state index in [2.05, 4.69) is 10.6 Å². The molecule has 0 spiro atoms. The molecular formula is C19H24N2O3. The first kappa shape index (κ1) is 17.8. The number of rotatable bonds is 5. The lowest BCUT2D eigenvalue weighted by Crippen LogP contribution is -2.33. The maximum absolute atomic E-state index is 12.1. The second-order valence-electron chi connectivity index (χ2n) is 5.87. The summed E-state index contributed by atoms with van der Waals surface area (Å²) in [4.78, 5) is 12.1. The Morgan fingerprint density at radius 1 is 1.17 bits per heavy atom. The number of aliphatic hydroxyl groups is 1. The standard InChI is InChI=1S/C19H24N2O3/c1-12-9-13(2)18(14(3)10-12)21-19(23)20-11-16(22)15-7-5-6-8-17(15)24-4/h5-10,16,22H,11H2,1-4H3,(H2,20,21,23). The topological polar surface area (TPSA) is 70.6 Å². The van der Waals surface area contributed by atoms with Gasteiger partial charge in [0.25, 0.3) is 0 Å².